The van der Waals surface area contributed by atoms with Crippen molar-refractivity contribution in [1.29, 1.82) is 0 Å². The van der Waals surface area contributed by atoms with Gasteiger partial charge in [0.2, 0.25) is 0 Å². The molecule has 0 unspecified atom stereocenters. The molecule has 0 saturated heterocycles. The van der Waals surface area contributed by atoms with Gasteiger partial charge in [0.15, 0.2) is 0 Å². The van der Waals surface area contributed by atoms with Crippen molar-refractivity contribution in [3.8, 4) is 0 Å². The second-order valence-electron chi connectivity index (χ2n) is 1.40. The molecule has 0 spiro atoms. The van der Waals surface area contributed by atoms with E-state index in [0.29, 0.717) is 10.2 Å². The maximum absolute atomic E-state index is 10.4. The Bertz CT molecular complexity index is 236. The zero-order valence-electron chi connectivity index (χ0n) is 4.19. The molecular weight excluding hydrogens is 174 g/mol. The maximum atomic E-state index is 10.4. The first-order valence-corrected chi connectivity index (χ1v) is 2.84. The molecule has 0 aliphatic carbocycles. The Morgan fingerprint density at radius 1 is 1.75 bits per heavy atom. The number of aromatic amines is 1. The van der Waals surface area contributed by atoms with Crippen molar-refractivity contribution in [2.75, 3.05) is 0 Å². The highest BCUT2D eigenvalue weighted by atomic mass is 79.9. The number of rotatable bonds is 0. The molecule has 44 valence electrons. The number of halogens is 1. The highest BCUT2D eigenvalue weighted by Crippen LogP contribution is 2.07. The monoisotopic (exact) mass is 177 g/mol. The van der Waals surface area contributed by atoms with Gasteiger partial charge < -0.3 is 4.52 Å². The third kappa shape index (κ3) is 0.709. The molecule has 0 saturated carbocycles. The Balaban J connectivity index is 3.41. The summed E-state index contributed by atoms with van der Waals surface area (Å²) in [6.45, 7) is 1.70. The van der Waals surface area contributed by atoms with Gasteiger partial charge in [-0.1, -0.05) is 0 Å². The summed E-state index contributed by atoms with van der Waals surface area (Å²) in [4.78, 5) is 10.4. The van der Waals surface area contributed by atoms with Crippen molar-refractivity contribution in [3.63, 3.8) is 0 Å². The van der Waals surface area contributed by atoms with Crippen LogP contribution in [0.2, 0.25) is 0 Å². The van der Waals surface area contributed by atoms with Gasteiger partial charge in [0, 0.05) is 0 Å². The summed E-state index contributed by atoms with van der Waals surface area (Å²) in [5, 5.41) is 2.16. The summed E-state index contributed by atoms with van der Waals surface area (Å²) in [7, 11) is 0. The van der Waals surface area contributed by atoms with Gasteiger partial charge in [-0.2, -0.15) is 5.16 Å². The van der Waals surface area contributed by atoms with E-state index in [-0.39, 0.29) is 5.56 Å². The number of hydrogen-bond donors (Lipinski definition) is 1. The molecule has 8 heavy (non-hydrogen) atoms. The van der Waals surface area contributed by atoms with Gasteiger partial charge in [0.05, 0.1) is 0 Å². The standard InChI is InChI=1S/C4H4BrNO2/c1-2-3(5)4(7)6-8-2/h1H3,(H,6,7). The summed E-state index contributed by atoms with van der Waals surface area (Å²) >= 11 is 3.01. The van der Waals surface area contributed by atoms with E-state index in [2.05, 4.69) is 25.6 Å². The van der Waals surface area contributed by atoms with Crippen LogP contribution in [-0.4, -0.2) is 5.16 Å². The van der Waals surface area contributed by atoms with Crippen LogP contribution >= 0.6 is 15.9 Å². The summed E-state index contributed by atoms with van der Waals surface area (Å²) in [6.07, 6.45) is 0. The lowest BCUT2D eigenvalue weighted by atomic mass is 10.5. The van der Waals surface area contributed by atoms with E-state index in [4.69, 9.17) is 0 Å². The third-order valence-corrected chi connectivity index (χ3v) is 1.72. The molecule has 0 aromatic carbocycles. The zero-order chi connectivity index (χ0) is 6.15. The number of aromatic nitrogens is 1. The smallest absolute Gasteiger partial charge is 0.294 e. The van der Waals surface area contributed by atoms with Crippen LogP contribution in [0.3, 0.4) is 0 Å². The van der Waals surface area contributed by atoms with Gasteiger partial charge in [-0.3, -0.25) is 4.79 Å². The Hall–Kier alpha value is -0.510. The molecule has 0 bridgehead atoms. The van der Waals surface area contributed by atoms with Crippen molar-refractivity contribution < 1.29 is 4.52 Å². The lowest BCUT2D eigenvalue weighted by molar-refractivity contribution is 0.391. The van der Waals surface area contributed by atoms with E-state index < -0.39 is 0 Å². The fourth-order valence-electron chi connectivity index (χ4n) is 0.372. The van der Waals surface area contributed by atoms with Gasteiger partial charge in [-0.15, -0.1) is 0 Å². The van der Waals surface area contributed by atoms with Crippen molar-refractivity contribution >= 4 is 15.9 Å². The summed E-state index contributed by atoms with van der Waals surface area (Å²) < 4.78 is 5.08. The Labute approximate surface area is 53.8 Å². The molecule has 1 aromatic heterocycles. The third-order valence-electron chi connectivity index (χ3n) is 0.805. The molecule has 0 aliphatic rings. The molecule has 3 nitrogen and oxygen atoms in total. The molecule has 1 aromatic rings. The van der Waals surface area contributed by atoms with E-state index in [9.17, 15) is 4.79 Å². The van der Waals surface area contributed by atoms with Crippen molar-refractivity contribution in [3.05, 3.63) is 20.6 Å². The Morgan fingerprint density at radius 2 is 2.38 bits per heavy atom. The molecular formula is C4H4BrNO2. The lowest BCUT2D eigenvalue weighted by Crippen LogP contribution is -1.96. The first kappa shape index (κ1) is 5.62. The molecule has 4 heteroatoms. The highest BCUT2D eigenvalue weighted by Gasteiger charge is 2.00. The van der Waals surface area contributed by atoms with Crippen LogP contribution in [0.25, 0.3) is 0 Å². The average molecular weight is 178 g/mol. The number of H-pyrrole nitrogens is 1. The molecule has 0 aliphatic heterocycles. The zero-order valence-corrected chi connectivity index (χ0v) is 5.78. The van der Waals surface area contributed by atoms with Crippen LogP contribution < -0.4 is 5.56 Å². The quantitative estimate of drug-likeness (QED) is 0.644. The predicted molar refractivity (Wildman–Crippen MR) is 31.8 cm³/mol. The fraction of sp³-hybridized carbons (Fsp3) is 0.250. The molecule has 0 fully saturated rings. The topological polar surface area (TPSA) is 46.0 Å². The highest BCUT2D eigenvalue weighted by molar-refractivity contribution is 9.10. The summed E-state index contributed by atoms with van der Waals surface area (Å²) in [5.74, 6) is 0.579. The van der Waals surface area contributed by atoms with E-state index in [1.807, 2.05) is 0 Å². The normalized spacial score (nSPS) is 9.75. The van der Waals surface area contributed by atoms with Crippen LogP contribution in [0.1, 0.15) is 5.76 Å². The predicted octanol–water partition coefficient (Wildman–Crippen LogP) is 1.04. The lowest BCUT2D eigenvalue weighted by Gasteiger charge is -1.73. The molecule has 0 radical (unpaired) electrons. The van der Waals surface area contributed by atoms with Crippen LogP contribution in [0.5, 0.6) is 0 Å². The van der Waals surface area contributed by atoms with Gasteiger partial charge in [0.1, 0.15) is 10.2 Å². The second kappa shape index (κ2) is 1.78. The van der Waals surface area contributed by atoms with Crippen LogP contribution in [0, 0.1) is 6.92 Å². The van der Waals surface area contributed by atoms with Crippen molar-refractivity contribution in [2.24, 2.45) is 0 Å². The van der Waals surface area contributed by atoms with E-state index in [0.717, 1.165) is 0 Å². The number of nitrogens with one attached hydrogen (secondary N) is 1. The maximum Gasteiger partial charge on any atom is 0.294 e. The van der Waals surface area contributed by atoms with Gasteiger partial charge in [-0.05, 0) is 22.9 Å². The molecule has 1 rings (SSSR count). The summed E-state index contributed by atoms with van der Waals surface area (Å²) in [6, 6.07) is 0. The summed E-state index contributed by atoms with van der Waals surface area (Å²) in [5.41, 5.74) is -0.220. The molecule has 1 N–H and O–H groups in total. The number of aryl methyl sites for hydroxylation is 1. The molecule has 1 heterocycles. The second-order valence-corrected chi connectivity index (χ2v) is 2.20. The van der Waals surface area contributed by atoms with Crippen molar-refractivity contribution in [2.45, 2.75) is 6.92 Å². The largest absolute Gasteiger partial charge is 0.383 e. The Morgan fingerprint density at radius 3 is 2.50 bits per heavy atom. The first-order chi connectivity index (χ1) is 3.72. The average Bonchev–Trinajstić information content (AvgIpc) is 1.98. The minimum absolute atomic E-state index is 0.220. The van der Waals surface area contributed by atoms with E-state index in [1.54, 1.807) is 6.92 Å². The van der Waals surface area contributed by atoms with Crippen LogP contribution in [0.4, 0.5) is 0 Å². The van der Waals surface area contributed by atoms with Gasteiger partial charge in [-0.25, -0.2) is 0 Å². The first-order valence-electron chi connectivity index (χ1n) is 2.05. The Kier molecular flexibility index (Phi) is 1.25. The van der Waals surface area contributed by atoms with Gasteiger partial charge in [0.25, 0.3) is 5.56 Å². The van der Waals surface area contributed by atoms with E-state index in [1.165, 1.54) is 0 Å². The van der Waals surface area contributed by atoms with Crippen molar-refractivity contribution in [1.82, 2.24) is 5.16 Å². The minimum atomic E-state index is -0.220. The molecule has 0 amide bonds. The number of hydrogen-bond acceptors (Lipinski definition) is 2. The van der Waals surface area contributed by atoms with Crippen LogP contribution in [0.15, 0.2) is 13.8 Å². The SMILES string of the molecule is Cc1o[nH]c(=O)c1Br. The fourth-order valence-corrected chi connectivity index (χ4v) is 0.534. The minimum Gasteiger partial charge on any atom is -0.383 e. The molecule has 0 atom stereocenters. The van der Waals surface area contributed by atoms with E-state index >= 15 is 0 Å². The van der Waals surface area contributed by atoms with Gasteiger partial charge >= 0.3 is 0 Å². The van der Waals surface area contributed by atoms with Crippen LogP contribution in [-0.2, 0) is 0 Å².